The van der Waals surface area contributed by atoms with E-state index in [1.807, 2.05) is 0 Å². The van der Waals surface area contributed by atoms with Crippen molar-refractivity contribution in [2.45, 2.75) is 124 Å². The minimum atomic E-state index is -0.369. The Bertz CT molecular complexity index is 1370. The molecule has 228 valence electrons. The van der Waals surface area contributed by atoms with Crippen LogP contribution in [-0.2, 0) is 5.41 Å². The van der Waals surface area contributed by atoms with Crippen molar-refractivity contribution in [3.63, 3.8) is 0 Å². The molecule has 0 bridgehead atoms. The van der Waals surface area contributed by atoms with Gasteiger partial charge in [0.1, 0.15) is 0 Å². The van der Waals surface area contributed by atoms with Crippen LogP contribution in [0.5, 0.6) is 0 Å². The van der Waals surface area contributed by atoms with E-state index in [9.17, 15) is 0 Å². The Balaban J connectivity index is 1.63. The van der Waals surface area contributed by atoms with Crippen molar-refractivity contribution in [3.8, 4) is 0 Å². The van der Waals surface area contributed by atoms with E-state index >= 15 is 0 Å². The highest BCUT2D eigenvalue weighted by Gasteiger charge is 2.46. The molecule has 5 rings (SSSR count). The molecule has 1 atom stereocenters. The predicted molar refractivity (Wildman–Crippen MR) is 187 cm³/mol. The van der Waals surface area contributed by atoms with E-state index in [4.69, 9.17) is 0 Å². The molecule has 2 aliphatic rings. The molecule has 0 radical (unpaired) electrons. The first-order valence-corrected chi connectivity index (χ1v) is 17.2. The van der Waals surface area contributed by atoms with Crippen LogP contribution in [0.4, 0.5) is 5.69 Å². The zero-order valence-corrected chi connectivity index (χ0v) is 27.9. The van der Waals surface area contributed by atoms with E-state index in [1.54, 1.807) is 0 Å². The molecule has 0 aliphatic heterocycles. The van der Waals surface area contributed by atoms with Crippen molar-refractivity contribution < 1.29 is 0 Å². The van der Waals surface area contributed by atoms with Gasteiger partial charge in [-0.15, -0.1) is 0 Å². The van der Waals surface area contributed by atoms with Gasteiger partial charge in [0, 0.05) is 17.6 Å². The third kappa shape index (κ3) is 6.29. The SMILES string of the molecule is CC1=C(C)C(C)C(C(c2ccccc2)(c2ccccc2)c2ccc(NC3CCCCCCCCCCC3)c(C)c2C)=C1C. The number of hydrogen-bond donors (Lipinski definition) is 1. The summed E-state index contributed by atoms with van der Waals surface area (Å²) < 4.78 is 0. The molecule has 0 saturated heterocycles. The number of nitrogens with one attached hydrogen (secondary N) is 1. The third-order valence-electron chi connectivity index (χ3n) is 11.1. The van der Waals surface area contributed by atoms with Gasteiger partial charge < -0.3 is 5.32 Å². The summed E-state index contributed by atoms with van der Waals surface area (Å²) in [6.07, 6.45) is 15.1. The molecule has 1 nitrogen and oxygen atoms in total. The molecular formula is C42H55N. The molecule has 2 aliphatic carbocycles. The summed E-state index contributed by atoms with van der Waals surface area (Å²) in [6.45, 7) is 14.2. The lowest BCUT2D eigenvalue weighted by atomic mass is 9.60. The summed E-state index contributed by atoms with van der Waals surface area (Å²) in [5.74, 6) is 0.370. The lowest BCUT2D eigenvalue weighted by molar-refractivity contribution is 0.480. The molecule has 1 heteroatoms. The summed E-state index contributed by atoms with van der Waals surface area (Å²) in [7, 11) is 0. The number of benzene rings is 3. The Hall–Kier alpha value is -3.06. The molecule has 3 aromatic rings. The van der Waals surface area contributed by atoms with Crippen LogP contribution in [0.25, 0.3) is 0 Å². The van der Waals surface area contributed by atoms with Crippen LogP contribution >= 0.6 is 0 Å². The molecule has 3 aromatic carbocycles. The van der Waals surface area contributed by atoms with Crippen molar-refractivity contribution in [1.29, 1.82) is 0 Å². The highest BCUT2D eigenvalue weighted by molar-refractivity contribution is 5.69. The maximum absolute atomic E-state index is 4.08. The van der Waals surface area contributed by atoms with Crippen LogP contribution in [0.15, 0.2) is 95.1 Å². The van der Waals surface area contributed by atoms with Crippen LogP contribution in [0.1, 0.15) is 126 Å². The Morgan fingerprint density at radius 3 is 1.51 bits per heavy atom. The molecule has 1 unspecified atom stereocenters. The Morgan fingerprint density at radius 2 is 1.05 bits per heavy atom. The van der Waals surface area contributed by atoms with Crippen molar-refractivity contribution in [2.75, 3.05) is 5.32 Å². The normalized spacial score (nSPS) is 19.7. The van der Waals surface area contributed by atoms with Gasteiger partial charge in [-0.25, -0.2) is 0 Å². The topological polar surface area (TPSA) is 12.0 Å². The second-order valence-electron chi connectivity index (χ2n) is 13.6. The first-order chi connectivity index (χ1) is 20.9. The van der Waals surface area contributed by atoms with Crippen LogP contribution in [0.3, 0.4) is 0 Å². The fourth-order valence-electron chi connectivity index (χ4n) is 8.19. The van der Waals surface area contributed by atoms with E-state index < -0.39 is 0 Å². The van der Waals surface area contributed by atoms with Gasteiger partial charge in [-0.3, -0.25) is 0 Å². The summed E-state index contributed by atoms with van der Waals surface area (Å²) in [5, 5.41) is 4.08. The maximum Gasteiger partial charge on any atom is 0.0675 e. The van der Waals surface area contributed by atoms with Gasteiger partial charge in [0.05, 0.1) is 5.41 Å². The van der Waals surface area contributed by atoms with Crippen molar-refractivity contribution in [2.24, 2.45) is 5.92 Å². The quantitative estimate of drug-likeness (QED) is 0.289. The van der Waals surface area contributed by atoms with E-state index in [0.29, 0.717) is 12.0 Å². The second kappa shape index (κ2) is 14.1. The monoisotopic (exact) mass is 573 g/mol. The van der Waals surface area contributed by atoms with E-state index in [1.165, 1.54) is 126 Å². The first kappa shape index (κ1) is 31.4. The van der Waals surface area contributed by atoms with E-state index in [0.717, 1.165) is 0 Å². The standard InChI is InChI=1S/C42H55N/c1-30-31(2)35(6)41(34(30)5)42(36-22-16-14-17-23-36,37-24-18-15-19-25-37)39-28-29-40(33(4)32(39)3)43-38-26-20-12-10-8-7-9-11-13-21-27-38/h14-19,22-25,28-29,34,38,43H,7-13,20-21,26-27H2,1-6H3. The summed E-state index contributed by atoms with van der Waals surface area (Å²) in [6, 6.07) is 28.1. The Morgan fingerprint density at radius 1 is 0.558 bits per heavy atom. The predicted octanol–water partition coefficient (Wildman–Crippen LogP) is 12.0. The molecule has 0 heterocycles. The van der Waals surface area contributed by atoms with Gasteiger partial charge in [-0.2, -0.15) is 0 Å². The lowest BCUT2D eigenvalue weighted by Gasteiger charge is -2.42. The molecular weight excluding hydrogens is 518 g/mol. The fourth-order valence-corrected chi connectivity index (χ4v) is 8.19. The molecule has 1 saturated carbocycles. The van der Waals surface area contributed by atoms with Crippen LogP contribution in [0.2, 0.25) is 0 Å². The minimum absolute atomic E-state index is 0.369. The van der Waals surface area contributed by atoms with Gasteiger partial charge in [-0.05, 0) is 98.1 Å². The van der Waals surface area contributed by atoms with Gasteiger partial charge in [-0.1, -0.05) is 137 Å². The van der Waals surface area contributed by atoms with Crippen molar-refractivity contribution in [3.05, 3.63) is 123 Å². The first-order valence-electron chi connectivity index (χ1n) is 17.2. The number of rotatable bonds is 6. The van der Waals surface area contributed by atoms with E-state index in [2.05, 4.69) is 120 Å². The summed E-state index contributed by atoms with van der Waals surface area (Å²) >= 11 is 0. The van der Waals surface area contributed by atoms with E-state index in [-0.39, 0.29) is 5.41 Å². The van der Waals surface area contributed by atoms with Gasteiger partial charge in [0.2, 0.25) is 0 Å². The minimum Gasteiger partial charge on any atom is -0.382 e. The largest absolute Gasteiger partial charge is 0.382 e. The van der Waals surface area contributed by atoms with Crippen LogP contribution in [-0.4, -0.2) is 6.04 Å². The zero-order chi connectivity index (χ0) is 30.4. The molecule has 0 amide bonds. The second-order valence-corrected chi connectivity index (χ2v) is 13.6. The van der Waals surface area contributed by atoms with Gasteiger partial charge >= 0.3 is 0 Å². The van der Waals surface area contributed by atoms with Crippen LogP contribution < -0.4 is 5.32 Å². The summed E-state index contributed by atoms with van der Waals surface area (Å²) in [4.78, 5) is 0. The van der Waals surface area contributed by atoms with Crippen molar-refractivity contribution >= 4 is 5.69 Å². The molecule has 0 spiro atoms. The number of hydrogen-bond acceptors (Lipinski definition) is 1. The lowest BCUT2D eigenvalue weighted by Crippen LogP contribution is -2.35. The maximum atomic E-state index is 4.08. The van der Waals surface area contributed by atoms with Gasteiger partial charge in [0.25, 0.3) is 0 Å². The molecule has 43 heavy (non-hydrogen) atoms. The smallest absolute Gasteiger partial charge is 0.0675 e. The average molecular weight is 574 g/mol. The fraction of sp³-hybridized carbons (Fsp3) is 0.476. The number of anilines is 1. The summed E-state index contributed by atoms with van der Waals surface area (Å²) in [5.41, 5.74) is 13.8. The third-order valence-corrected chi connectivity index (χ3v) is 11.1. The molecule has 0 aromatic heterocycles. The van der Waals surface area contributed by atoms with Crippen LogP contribution in [0, 0.1) is 19.8 Å². The van der Waals surface area contributed by atoms with Gasteiger partial charge in [0.15, 0.2) is 0 Å². The Labute approximate surface area is 262 Å². The Kier molecular flexibility index (Phi) is 10.3. The average Bonchev–Trinajstić information content (AvgIpc) is 3.21. The highest BCUT2D eigenvalue weighted by Crippen LogP contribution is 2.55. The molecule has 1 N–H and O–H groups in total. The molecule has 1 fully saturated rings. The van der Waals surface area contributed by atoms with Crippen molar-refractivity contribution in [1.82, 2.24) is 0 Å². The zero-order valence-electron chi connectivity index (χ0n) is 27.9. The highest BCUT2D eigenvalue weighted by atomic mass is 14.9. The number of allylic oxidation sites excluding steroid dienone is 4.